The first-order chi connectivity index (χ1) is 10.9. The molecule has 1 amide bonds. The number of carboxylic acid groups (broad SMARTS) is 1. The van der Waals surface area contributed by atoms with E-state index in [1.807, 2.05) is 13.2 Å². The minimum atomic E-state index is -1.31. The van der Waals surface area contributed by atoms with E-state index in [-0.39, 0.29) is 18.4 Å². The topological polar surface area (TPSA) is 95.7 Å². The molecule has 0 aromatic carbocycles. The molecule has 2 fully saturated rings. The Morgan fingerprint density at radius 1 is 1.30 bits per heavy atom. The highest BCUT2D eigenvalue weighted by molar-refractivity contribution is 5.86. The lowest BCUT2D eigenvalue weighted by atomic mass is 9.84. The van der Waals surface area contributed by atoms with Crippen LogP contribution in [-0.4, -0.2) is 55.5 Å². The summed E-state index contributed by atoms with van der Waals surface area (Å²) in [6.07, 6.45) is 6.69. The molecule has 2 aliphatic rings. The van der Waals surface area contributed by atoms with E-state index in [1.54, 1.807) is 15.8 Å². The second-order valence-corrected chi connectivity index (χ2v) is 6.86. The van der Waals surface area contributed by atoms with Gasteiger partial charge in [0.25, 0.3) is 5.91 Å². The SMILES string of the molecule is Cn1cc(C2CC(C(=O)O)CN(C(=O)C3(O)CCCC3)C2)cn1. The molecule has 7 heteroatoms. The zero-order chi connectivity index (χ0) is 16.6. The number of nitrogens with zero attached hydrogens (tertiary/aromatic N) is 3. The van der Waals surface area contributed by atoms with Gasteiger partial charge in [-0.25, -0.2) is 0 Å². The van der Waals surface area contributed by atoms with Gasteiger partial charge in [0, 0.05) is 32.3 Å². The first kappa shape index (κ1) is 16.0. The second-order valence-electron chi connectivity index (χ2n) is 6.86. The fourth-order valence-electron chi connectivity index (χ4n) is 3.80. The Morgan fingerprint density at radius 3 is 2.57 bits per heavy atom. The maximum atomic E-state index is 12.7. The van der Waals surface area contributed by atoms with Gasteiger partial charge in [0.15, 0.2) is 0 Å². The van der Waals surface area contributed by atoms with E-state index in [1.165, 1.54) is 0 Å². The third kappa shape index (κ3) is 3.10. The zero-order valence-corrected chi connectivity index (χ0v) is 13.3. The summed E-state index contributed by atoms with van der Waals surface area (Å²) in [5.41, 5.74) is -0.366. The normalized spacial score (nSPS) is 27.1. The number of amides is 1. The Kier molecular flexibility index (Phi) is 4.14. The van der Waals surface area contributed by atoms with Crippen molar-refractivity contribution in [3.8, 4) is 0 Å². The van der Waals surface area contributed by atoms with Gasteiger partial charge in [0.1, 0.15) is 5.60 Å². The summed E-state index contributed by atoms with van der Waals surface area (Å²) >= 11 is 0. The quantitative estimate of drug-likeness (QED) is 0.856. The van der Waals surface area contributed by atoms with Gasteiger partial charge in [-0.15, -0.1) is 0 Å². The summed E-state index contributed by atoms with van der Waals surface area (Å²) in [6.45, 7) is 0.615. The number of hydrogen-bond acceptors (Lipinski definition) is 4. The van der Waals surface area contributed by atoms with Crippen LogP contribution in [0, 0.1) is 5.92 Å². The average Bonchev–Trinajstić information content (AvgIpc) is 3.15. The molecule has 23 heavy (non-hydrogen) atoms. The Labute approximate surface area is 134 Å². The maximum Gasteiger partial charge on any atom is 0.308 e. The van der Waals surface area contributed by atoms with Crippen molar-refractivity contribution >= 4 is 11.9 Å². The number of aliphatic hydroxyl groups is 1. The lowest BCUT2D eigenvalue weighted by Crippen LogP contribution is -2.53. The van der Waals surface area contributed by atoms with Crippen LogP contribution < -0.4 is 0 Å². The van der Waals surface area contributed by atoms with Crippen LogP contribution in [0.5, 0.6) is 0 Å². The number of aromatic nitrogens is 2. The molecule has 1 aliphatic carbocycles. The van der Waals surface area contributed by atoms with Crippen molar-refractivity contribution in [2.24, 2.45) is 13.0 Å². The van der Waals surface area contributed by atoms with Crippen LogP contribution in [0.15, 0.2) is 12.4 Å². The molecule has 0 spiro atoms. The van der Waals surface area contributed by atoms with Crippen molar-refractivity contribution in [2.45, 2.75) is 43.6 Å². The van der Waals surface area contributed by atoms with E-state index in [9.17, 15) is 19.8 Å². The highest BCUT2D eigenvalue weighted by atomic mass is 16.4. The smallest absolute Gasteiger partial charge is 0.308 e. The van der Waals surface area contributed by atoms with Gasteiger partial charge in [-0.05, 0) is 37.7 Å². The van der Waals surface area contributed by atoms with Gasteiger partial charge in [-0.3, -0.25) is 14.3 Å². The van der Waals surface area contributed by atoms with Crippen LogP contribution in [0.4, 0.5) is 0 Å². The van der Waals surface area contributed by atoms with Crippen LogP contribution in [0.3, 0.4) is 0 Å². The molecule has 2 atom stereocenters. The summed E-state index contributed by atoms with van der Waals surface area (Å²) in [5, 5.41) is 24.1. The largest absolute Gasteiger partial charge is 0.481 e. The van der Waals surface area contributed by atoms with Gasteiger partial charge in [0.2, 0.25) is 0 Å². The minimum absolute atomic E-state index is 0.0625. The Hall–Kier alpha value is -1.89. The number of piperidine rings is 1. The average molecular weight is 321 g/mol. The summed E-state index contributed by atoms with van der Waals surface area (Å²) in [7, 11) is 1.81. The molecule has 7 nitrogen and oxygen atoms in total. The first-order valence-electron chi connectivity index (χ1n) is 8.12. The molecule has 0 bridgehead atoms. The fraction of sp³-hybridized carbons (Fsp3) is 0.688. The molecule has 1 aromatic heterocycles. The van der Waals surface area contributed by atoms with Gasteiger partial charge in [-0.1, -0.05) is 0 Å². The Morgan fingerprint density at radius 2 is 2.00 bits per heavy atom. The monoisotopic (exact) mass is 321 g/mol. The van der Waals surface area contributed by atoms with Gasteiger partial charge in [0.05, 0.1) is 12.1 Å². The zero-order valence-electron chi connectivity index (χ0n) is 13.3. The van der Waals surface area contributed by atoms with Crippen molar-refractivity contribution in [3.05, 3.63) is 18.0 Å². The predicted molar refractivity (Wildman–Crippen MR) is 81.7 cm³/mol. The van der Waals surface area contributed by atoms with Crippen LogP contribution in [0.25, 0.3) is 0 Å². The van der Waals surface area contributed by atoms with E-state index in [0.29, 0.717) is 25.8 Å². The number of hydrogen-bond donors (Lipinski definition) is 2. The molecule has 2 N–H and O–H groups in total. The number of carboxylic acids is 1. The first-order valence-corrected chi connectivity index (χ1v) is 8.12. The number of aryl methyl sites for hydroxylation is 1. The standard InChI is InChI=1S/C16H23N3O4/c1-18-8-13(7-17-18)11-6-12(14(20)21)10-19(9-11)15(22)16(23)4-2-3-5-16/h7-8,11-12,23H,2-6,9-10H2,1H3,(H,20,21). The second kappa shape index (κ2) is 5.96. The van der Waals surface area contributed by atoms with E-state index < -0.39 is 17.5 Å². The predicted octanol–water partition coefficient (Wildman–Crippen LogP) is 0.742. The number of carbonyl (C=O) groups excluding carboxylic acids is 1. The van der Waals surface area contributed by atoms with Crippen molar-refractivity contribution in [2.75, 3.05) is 13.1 Å². The van der Waals surface area contributed by atoms with E-state index in [2.05, 4.69) is 5.10 Å². The number of likely N-dealkylation sites (tertiary alicyclic amines) is 1. The van der Waals surface area contributed by atoms with E-state index in [4.69, 9.17) is 0 Å². The molecule has 2 unspecified atom stereocenters. The molecule has 1 saturated heterocycles. The lowest BCUT2D eigenvalue weighted by molar-refractivity contribution is -0.156. The maximum absolute atomic E-state index is 12.7. The van der Waals surface area contributed by atoms with Crippen molar-refractivity contribution in [1.82, 2.24) is 14.7 Å². The third-order valence-corrected chi connectivity index (χ3v) is 5.11. The summed E-state index contributed by atoms with van der Waals surface area (Å²) in [5.74, 6) is -1.87. The highest BCUT2D eigenvalue weighted by Gasteiger charge is 2.45. The molecule has 1 aromatic rings. The van der Waals surface area contributed by atoms with E-state index in [0.717, 1.165) is 18.4 Å². The van der Waals surface area contributed by atoms with Gasteiger partial charge >= 0.3 is 5.97 Å². The van der Waals surface area contributed by atoms with Crippen LogP contribution >= 0.6 is 0 Å². The molecule has 3 rings (SSSR count). The molecule has 2 heterocycles. The molecular formula is C16H23N3O4. The van der Waals surface area contributed by atoms with Gasteiger partial charge in [-0.2, -0.15) is 5.10 Å². The summed E-state index contributed by atoms with van der Waals surface area (Å²) in [4.78, 5) is 25.8. The molecule has 1 saturated carbocycles. The Bertz CT molecular complexity index is 606. The number of carbonyl (C=O) groups is 2. The Balaban J connectivity index is 1.81. The van der Waals surface area contributed by atoms with Gasteiger partial charge < -0.3 is 15.1 Å². The van der Waals surface area contributed by atoms with Crippen LogP contribution in [0.2, 0.25) is 0 Å². The van der Waals surface area contributed by atoms with E-state index >= 15 is 0 Å². The molecule has 0 radical (unpaired) electrons. The third-order valence-electron chi connectivity index (χ3n) is 5.11. The van der Waals surface area contributed by atoms with Crippen molar-refractivity contribution in [3.63, 3.8) is 0 Å². The molecule has 126 valence electrons. The summed E-state index contributed by atoms with van der Waals surface area (Å²) in [6, 6.07) is 0. The van der Waals surface area contributed by atoms with Crippen molar-refractivity contribution < 1.29 is 19.8 Å². The van der Waals surface area contributed by atoms with Crippen molar-refractivity contribution in [1.29, 1.82) is 0 Å². The lowest BCUT2D eigenvalue weighted by Gasteiger charge is -2.39. The molecular weight excluding hydrogens is 298 g/mol. The minimum Gasteiger partial charge on any atom is -0.481 e. The highest BCUT2D eigenvalue weighted by Crippen LogP contribution is 2.35. The van der Waals surface area contributed by atoms with Crippen LogP contribution in [0.1, 0.15) is 43.6 Å². The fourth-order valence-corrected chi connectivity index (χ4v) is 3.80. The molecule has 1 aliphatic heterocycles. The number of aliphatic carboxylic acids is 1. The van der Waals surface area contributed by atoms with Crippen LogP contribution in [-0.2, 0) is 16.6 Å². The summed E-state index contributed by atoms with van der Waals surface area (Å²) < 4.78 is 1.68. The number of rotatable bonds is 3.